The maximum Gasteiger partial charge on any atom is 0.258 e. The van der Waals surface area contributed by atoms with Crippen molar-refractivity contribution in [2.24, 2.45) is 5.73 Å². The zero-order valence-electron chi connectivity index (χ0n) is 12.6. The van der Waals surface area contributed by atoms with E-state index in [0.29, 0.717) is 0 Å². The van der Waals surface area contributed by atoms with Gasteiger partial charge in [0.1, 0.15) is 0 Å². The summed E-state index contributed by atoms with van der Waals surface area (Å²) in [5.74, 6) is -0.985. The Morgan fingerprint density at radius 1 is 1.13 bits per heavy atom. The van der Waals surface area contributed by atoms with Crippen molar-refractivity contribution in [3.05, 3.63) is 65.7 Å². The molecule has 0 heterocycles. The van der Waals surface area contributed by atoms with E-state index in [-0.39, 0.29) is 22.6 Å². The first-order chi connectivity index (χ1) is 10.8. The highest BCUT2D eigenvalue weighted by molar-refractivity contribution is 7.89. The van der Waals surface area contributed by atoms with E-state index < -0.39 is 21.5 Å². The van der Waals surface area contributed by atoms with Crippen molar-refractivity contribution in [3.8, 4) is 0 Å². The van der Waals surface area contributed by atoms with Crippen LogP contribution < -0.4 is 10.5 Å². The van der Waals surface area contributed by atoms with Gasteiger partial charge in [-0.2, -0.15) is 0 Å². The molecule has 0 aliphatic rings. The van der Waals surface area contributed by atoms with Gasteiger partial charge >= 0.3 is 0 Å². The molecule has 2 rings (SSSR count). The standard InChI is InChI=1S/C16H18N2O4S/c1-2-18-23(21,22)14-10-6-9-13(11-14)16(20,15(17)19)12-7-4-3-5-8-12/h3-11,18,20H,2H2,1H3,(H2,17,19). The van der Waals surface area contributed by atoms with Crippen molar-refractivity contribution in [3.63, 3.8) is 0 Å². The first kappa shape index (κ1) is 17.1. The van der Waals surface area contributed by atoms with Crippen LogP contribution in [0.25, 0.3) is 0 Å². The molecule has 122 valence electrons. The largest absolute Gasteiger partial charge is 0.372 e. The fourth-order valence-corrected chi connectivity index (χ4v) is 3.38. The van der Waals surface area contributed by atoms with E-state index in [1.165, 1.54) is 24.3 Å². The number of primary amides is 1. The molecule has 6 nitrogen and oxygen atoms in total. The van der Waals surface area contributed by atoms with Crippen molar-refractivity contribution >= 4 is 15.9 Å². The van der Waals surface area contributed by atoms with Crippen LogP contribution in [0.4, 0.5) is 0 Å². The Balaban J connectivity index is 2.61. The Morgan fingerprint density at radius 2 is 1.74 bits per heavy atom. The van der Waals surface area contributed by atoms with E-state index in [4.69, 9.17) is 5.73 Å². The van der Waals surface area contributed by atoms with Crippen molar-refractivity contribution in [1.29, 1.82) is 0 Å². The maximum atomic E-state index is 12.1. The van der Waals surface area contributed by atoms with Gasteiger partial charge in [-0.15, -0.1) is 0 Å². The predicted octanol–water partition coefficient (Wildman–Crippen LogP) is 0.706. The average molecular weight is 334 g/mol. The van der Waals surface area contributed by atoms with Gasteiger partial charge in [-0.3, -0.25) is 4.79 Å². The maximum absolute atomic E-state index is 12.1. The molecule has 0 aliphatic heterocycles. The molecule has 0 fully saturated rings. The molecule has 0 saturated heterocycles. The fraction of sp³-hybridized carbons (Fsp3) is 0.188. The summed E-state index contributed by atoms with van der Waals surface area (Å²) in [5.41, 5.74) is 3.65. The number of aliphatic hydroxyl groups is 1. The lowest BCUT2D eigenvalue weighted by atomic mass is 9.86. The Bertz CT molecular complexity index is 806. The van der Waals surface area contributed by atoms with E-state index in [0.717, 1.165) is 0 Å². The van der Waals surface area contributed by atoms with E-state index in [1.54, 1.807) is 37.3 Å². The molecule has 23 heavy (non-hydrogen) atoms. The minimum Gasteiger partial charge on any atom is -0.372 e. The second kappa shape index (κ2) is 6.49. The van der Waals surface area contributed by atoms with Crippen LogP contribution >= 0.6 is 0 Å². The van der Waals surface area contributed by atoms with E-state index >= 15 is 0 Å². The molecule has 7 heteroatoms. The van der Waals surface area contributed by atoms with Crippen molar-refractivity contribution in [2.75, 3.05) is 6.54 Å². The van der Waals surface area contributed by atoms with Crippen LogP contribution in [0.5, 0.6) is 0 Å². The summed E-state index contributed by atoms with van der Waals surface area (Å²) >= 11 is 0. The molecule has 1 amide bonds. The normalized spacial score (nSPS) is 14.2. The molecule has 0 saturated carbocycles. The van der Waals surface area contributed by atoms with Gasteiger partial charge in [0.25, 0.3) is 5.91 Å². The second-order valence-corrected chi connectivity index (χ2v) is 6.74. The summed E-state index contributed by atoms with van der Waals surface area (Å²) < 4.78 is 26.6. The molecule has 0 aromatic heterocycles. The highest BCUT2D eigenvalue weighted by Crippen LogP contribution is 2.30. The molecule has 1 atom stereocenters. The lowest BCUT2D eigenvalue weighted by Crippen LogP contribution is -2.42. The molecular weight excluding hydrogens is 316 g/mol. The van der Waals surface area contributed by atoms with E-state index in [1.807, 2.05) is 0 Å². The van der Waals surface area contributed by atoms with Crippen LogP contribution in [0.2, 0.25) is 0 Å². The van der Waals surface area contributed by atoms with Crippen LogP contribution in [0.3, 0.4) is 0 Å². The topological polar surface area (TPSA) is 109 Å². The van der Waals surface area contributed by atoms with Gasteiger partial charge in [0.2, 0.25) is 10.0 Å². The van der Waals surface area contributed by atoms with E-state index in [9.17, 15) is 18.3 Å². The number of rotatable bonds is 6. The number of sulfonamides is 1. The van der Waals surface area contributed by atoms with Gasteiger partial charge in [-0.1, -0.05) is 49.4 Å². The van der Waals surface area contributed by atoms with E-state index in [2.05, 4.69) is 4.72 Å². The number of hydrogen-bond acceptors (Lipinski definition) is 4. The molecular formula is C16H18N2O4S. The summed E-state index contributed by atoms with van der Waals surface area (Å²) in [6.07, 6.45) is 0. The third kappa shape index (κ3) is 3.26. The van der Waals surface area contributed by atoms with Crippen molar-refractivity contribution in [1.82, 2.24) is 4.72 Å². The Morgan fingerprint density at radius 3 is 2.30 bits per heavy atom. The smallest absolute Gasteiger partial charge is 0.258 e. The van der Waals surface area contributed by atoms with Gasteiger partial charge < -0.3 is 10.8 Å². The third-order valence-corrected chi connectivity index (χ3v) is 4.99. The molecule has 0 radical (unpaired) electrons. The van der Waals surface area contributed by atoms with Crippen LogP contribution in [0, 0.1) is 0 Å². The third-order valence-electron chi connectivity index (χ3n) is 3.44. The summed E-state index contributed by atoms with van der Waals surface area (Å²) in [5, 5.41) is 10.9. The number of benzene rings is 2. The summed E-state index contributed by atoms with van der Waals surface area (Å²) in [6, 6.07) is 13.7. The van der Waals surface area contributed by atoms with Gasteiger partial charge in [0.05, 0.1) is 4.90 Å². The lowest BCUT2D eigenvalue weighted by Gasteiger charge is -2.26. The number of nitrogens with one attached hydrogen (secondary N) is 1. The average Bonchev–Trinajstić information content (AvgIpc) is 2.55. The monoisotopic (exact) mass is 334 g/mol. The predicted molar refractivity (Wildman–Crippen MR) is 85.9 cm³/mol. The van der Waals surface area contributed by atoms with Gasteiger partial charge in [0, 0.05) is 6.54 Å². The fourth-order valence-electron chi connectivity index (χ4n) is 2.29. The van der Waals surface area contributed by atoms with Gasteiger partial charge in [-0.25, -0.2) is 13.1 Å². The zero-order chi connectivity index (χ0) is 17.1. The lowest BCUT2D eigenvalue weighted by molar-refractivity contribution is -0.133. The number of carbonyl (C=O) groups is 1. The van der Waals surface area contributed by atoms with Crippen LogP contribution in [0.1, 0.15) is 18.1 Å². The molecule has 0 spiro atoms. The minimum atomic E-state index is -3.71. The highest BCUT2D eigenvalue weighted by atomic mass is 32.2. The number of carbonyl (C=O) groups excluding carboxylic acids is 1. The first-order valence-corrected chi connectivity index (χ1v) is 8.48. The quantitative estimate of drug-likeness (QED) is 0.722. The Hall–Kier alpha value is -2.22. The Kier molecular flexibility index (Phi) is 4.84. The minimum absolute atomic E-state index is 0.0487. The van der Waals surface area contributed by atoms with Crippen LogP contribution in [-0.4, -0.2) is 26.0 Å². The van der Waals surface area contributed by atoms with Gasteiger partial charge in [0.15, 0.2) is 5.60 Å². The van der Waals surface area contributed by atoms with Gasteiger partial charge in [-0.05, 0) is 23.3 Å². The molecule has 2 aromatic rings. The number of amides is 1. The number of nitrogens with two attached hydrogens (primary N) is 1. The molecule has 4 N–H and O–H groups in total. The van der Waals surface area contributed by atoms with Crippen LogP contribution in [-0.2, 0) is 20.4 Å². The number of hydrogen-bond donors (Lipinski definition) is 3. The molecule has 2 aromatic carbocycles. The summed E-state index contributed by atoms with van der Waals surface area (Å²) in [7, 11) is -3.71. The molecule has 1 unspecified atom stereocenters. The second-order valence-electron chi connectivity index (χ2n) is 4.97. The van der Waals surface area contributed by atoms with Crippen molar-refractivity contribution in [2.45, 2.75) is 17.4 Å². The first-order valence-electron chi connectivity index (χ1n) is 7.00. The molecule has 0 bridgehead atoms. The molecule has 0 aliphatic carbocycles. The van der Waals surface area contributed by atoms with Crippen molar-refractivity contribution < 1.29 is 18.3 Å². The highest BCUT2D eigenvalue weighted by Gasteiger charge is 2.38. The summed E-state index contributed by atoms with van der Waals surface area (Å²) in [4.78, 5) is 11.9. The zero-order valence-corrected chi connectivity index (χ0v) is 13.4. The van der Waals surface area contributed by atoms with Crippen LogP contribution in [0.15, 0.2) is 59.5 Å². The Labute approximate surface area is 135 Å². The SMILES string of the molecule is CCNS(=O)(=O)c1cccc(C(O)(C(N)=O)c2ccccc2)c1. The summed E-state index contributed by atoms with van der Waals surface area (Å²) in [6.45, 7) is 1.89.